The van der Waals surface area contributed by atoms with Crippen LogP contribution in [0.25, 0.3) is 0 Å². The first kappa shape index (κ1) is 49.0. The summed E-state index contributed by atoms with van der Waals surface area (Å²) in [6.45, 7) is 3.95. The number of aliphatic hydroxyl groups excluding tert-OH is 4. The van der Waals surface area contributed by atoms with Gasteiger partial charge in [-0.2, -0.15) is 0 Å². The average molecular weight is 710 g/mol. The Labute approximate surface area is 311 Å². The first-order valence-electron chi connectivity index (χ1n) is 22.1. The summed E-state index contributed by atoms with van der Waals surface area (Å²) >= 11 is 0. The average Bonchev–Trinajstić information content (AvgIpc) is 3.12. The summed E-state index contributed by atoms with van der Waals surface area (Å²) in [4.78, 5) is 12.4. The molecule has 298 valence electrons. The number of carbonyl (C=O) groups excluding carboxylic acids is 1. The van der Waals surface area contributed by atoms with Gasteiger partial charge in [-0.3, -0.25) is 4.79 Å². The standard InChI is InChI=1S/C44H87NO5/c1-3-5-7-9-10-11-12-13-14-15-16-17-18-19-20-21-22-23-24-25-26-27-28-29-30-31-32-34-36-38-42(48)44(50)45-40(39-46)43(49)41(47)37-35-33-8-6-4-2/h19-20,40-43,46-49H,3-18,21-39H2,1-2H3,(H,45,50)/b20-19-. The van der Waals surface area contributed by atoms with Crippen LogP contribution in [-0.2, 0) is 4.79 Å². The number of carbonyl (C=O) groups is 1. The molecule has 0 radical (unpaired) electrons. The van der Waals surface area contributed by atoms with Crippen LogP contribution in [0.1, 0.15) is 232 Å². The van der Waals surface area contributed by atoms with E-state index >= 15 is 0 Å². The van der Waals surface area contributed by atoms with Crippen LogP contribution in [0.5, 0.6) is 0 Å². The predicted octanol–water partition coefficient (Wildman–Crippen LogP) is 11.4. The topological polar surface area (TPSA) is 110 Å². The lowest BCUT2D eigenvalue weighted by Crippen LogP contribution is -2.53. The number of allylic oxidation sites excluding steroid dienone is 2. The maximum absolute atomic E-state index is 12.4. The van der Waals surface area contributed by atoms with Gasteiger partial charge >= 0.3 is 0 Å². The Morgan fingerprint density at radius 2 is 0.800 bits per heavy atom. The van der Waals surface area contributed by atoms with Crippen molar-refractivity contribution in [2.75, 3.05) is 6.61 Å². The largest absolute Gasteiger partial charge is 0.394 e. The molecule has 4 unspecified atom stereocenters. The van der Waals surface area contributed by atoms with E-state index in [4.69, 9.17) is 0 Å². The Kier molecular flexibility index (Phi) is 38.5. The van der Waals surface area contributed by atoms with Crippen LogP contribution < -0.4 is 5.32 Å². The summed E-state index contributed by atoms with van der Waals surface area (Å²) in [5.74, 6) is -0.588. The summed E-state index contributed by atoms with van der Waals surface area (Å²) in [6, 6.07) is -0.978. The minimum absolute atomic E-state index is 0.371. The number of amides is 1. The first-order chi connectivity index (χ1) is 24.5. The second-order valence-corrected chi connectivity index (χ2v) is 15.4. The fraction of sp³-hybridized carbons (Fsp3) is 0.932. The van der Waals surface area contributed by atoms with Gasteiger partial charge in [0, 0.05) is 0 Å². The molecule has 6 heteroatoms. The lowest BCUT2D eigenvalue weighted by Gasteiger charge is -2.27. The third-order valence-electron chi connectivity index (χ3n) is 10.5. The molecule has 4 atom stereocenters. The molecule has 0 aliphatic heterocycles. The van der Waals surface area contributed by atoms with Crippen LogP contribution in [0.3, 0.4) is 0 Å². The van der Waals surface area contributed by atoms with E-state index in [1.165, 1.54) is 154 Å². The number of hydrogen-bond donors (Lipinski definition) is 5. The molecular weight excluding hydrogens is 622 g/mol. The Bertz CT molecular complexity index is 717. The number of aliphatic hydroxyl groups is 4. The molecule has 5 N–H and O–H groups in total. The fourth-order valence-corrected chi connectivity index (χ4v) is 6.93. The van der Waals surface area contributed by atoms with Crippen LogP contribution in [0.15, 0.2) is 12.2 Å². The maximum Gasteiger partial charge on any atom is 0.249 e. The van der Waals surface area contributed by atoms with Gasteiger partial charge in [0.05, 0.1) is 18.8 Å². The van der Waals surface area contributed by atoms with E-state index in [0.29, 0.717) is 12.8 Å². The van der Waals surface area contributed by atoms with Gasteiger partial charge in [-0.25, -0.2) is 0 Å². The minimum Gasteiger partial charge on any atom is -0.394 e. The summed E-state index contributed by atoms with van der Waals surface area (Å²) in [5.41, 5.74) is 0. The number of hydrogen-bond acceptors (Lipinski definition) is 5. The molecular formula is C44H87NO5. The highest BCUT2D eigenvalue weighted by molar-refractivity contribution is 5.80. The van der Waals surface area contributed by atoms with Crippen LogP contribution >= 0.6 is 0 Å². The van der Waals surface area contributed by atoms with Crippen molar-refractivity contribution in [1.29, 1.82) is 0 Å². The van der Waals surface area contributed by atoms with Crippen molar-refractivity contribution in [2.24, 2.45) is 0 Å². The van der Waals surface area contributed by atoms with Gasteiger partial charge in [0.2, 0.25) is 5.91 Å². The maximum atomic E-state index is 12.4. The monoisotopic (exact) mass is 710 g/mol. The van der Waals surface area contributed by atoms with Crippen molar-refractivity contribution in [1.82, 2.24) is 5.32 Å². The molecule has 6 nitrogen and oxygen atoms in total. The van der Waals surface area contributed by atoms with Gasteiger partial charge in [-0.15, -0.1) is 0 Å². The Balaban J connectivity index is 3.50. The summed E-state index contributed by atoms with van der Waals surface area (Å²) in [5, 5.41) is 43.1. The van der Waals surface area contributed by atoms with Crippen LogP contribution in [0, 0.1) is 0 Å². The molecule has 0 aliphatic rings. The van der Waals surface area contributed by atoms with E-state index < -0.39 is 36.9 Å². The Morgan fingerprint density at radius 3 is 1.16 bits per heavy atom. The Morgan fingerprint density at radius 1 is 0.480 bits per heavy atom. The number of unbranched alkanes of at least 4 members (excludes halogenated alkanes) is 29. The van der Waals surface area contributed by atoms with Crippen LogP contribution in [0.2, 0.25) is 0 Å². The summed E-state index contributed by atoms with van der Waals surface area (Å²) in [6.07, 6.45) is 43.1. The van der Waals surface area contributed by atoms with E-state index in [9.17, 15) is 25.2 Å². The third-order valence-corrected chi connectivity index (χ3v) is 10.5. The highest BCUT2D eigenvalue weighted by Crippen LogP contribution is 2.16. The molecule has 0 aliphatic carbocycles. The SMILES string of the molecule is CCCCCCCCCCCCCC/C=C\CCCCCCCCCCCCCCCC(O)C(=O)NC(CO)C(O)C(O)CCCCCCC. The van der Waals surface area contributed by atoms with Crippen molar-refractivity contribution in [3.63, 3.8) is 0 Å². The molecule has 0 spiro atoms. The van der Waals surface area contributed by atoms with E-state index in [-0.39, 0.29) is 0 Å². The molecule has 0 bridgehead atoms. The summed E-state index contributed by atoms with van der Waals surface area (Å²) in [7, 11) is 0. The molecule has 0 aromatic heterocycles. The van der Waals surface area contributed by atoms with Crippen molar-refractivity contribution < 1.29 is 25.2 Å². The normalized spacial score (nSPS) is 14.3. The van der Waals surface area contributed by atoms with E-state index in [1.54, 1.807) is 0 Å². The smallest absolute Gasteiger partial charge is 0.249 e. The lowest BCUT2D eigenvalue weighted by atomic mass is 9.99. The van der Waals surface area contributed by atoms with E-state index in [2.05, 4.69) is 31.3 Å². The second-order valence-electron chi connectivity index (χ2n) is 15.4. The van der Waals surface area contributed by atoms with Gasteiger partial charge < -0.3 is 25.7 Å². The van der Waals surface area contributed by atoms with Gasteiger partial charge in [0.1, 0.15) is 12.2 Å². The molecule has 50 heavy (non-hydrogen) atoms. The molecule has 0 fully saturated rings. The highest BCUT2D eigenvalue weighted by atomic mass is 16.3. The van der Waals surface area contributed by atoms with Crippen molar-refractivity contribution in [2.45, 2.75) is 257 Å². The van der Waals surface area contributed by atoms with Gasteiger partial charge in [0.15, 0.2) is 0 Å². The number of nitrogens with one attached hydrogen (secondary N) is 1. The van der Waals surface area contributed by atoms with Crippen molar-refractivity contribution >= 4 is 5.91 Å². The zero-order valence-corrected chi connectivity index (χ0v) is 33.4. The quantitative estimate of drug-likeness (QED) is 0.0321. The van der Waals surface area contributed by atoms with E-state index in [0.717, 1.165) is 51.4 Å². The zero-order valence-electron chi connectivity index (χ0n) is 33.4. The summed E-state index contributed by atoms with van der Waals surface area (Å²) < 4.78 is 0. The Hall–Kier alpha value is -0.950. The third kappa shape index (κ3) is 32.9. The molecule has 0 saturated heterocycles. The highest BCUT2D eigenvalue weighted by Gasteiger charge is 2.28. The molecule has 0 rings (SSSR count). The molecule has 1 amide bonds. The molecule has 0 heterocycles. The lowest BCUT2D eigenvalue weighted by molar-refractivity contribution is -0.132. The molecule has 0 aromatic carbocycles. The van der Waals surface area contributed by atoms with Gasteiger partial charge in [0.25, 0.3) is 0 Å². The molecule has 0 aromatic rings. The first-order valence-corrected chi connectivity index (χ1v) is 22.1. The molecule has 0 saturated carbocycles. The van der Waals surface area contributed by atoms with Gasteiger partial charge in [-0.05, 0) is 38.5 Å². The van der Waals surface area contributed by atoms with Crippen LogP contribution in [-0.4, -0.2) is 57.3 Å². The fourth-order valence-electron chi connectivity index (χ4n) is 6.93. The predicted molar refractivity (Wildman–Crippen MR) is 215 cm³/mol. The van der Waals surface area contributed by atoms with E-state index in [1.807, 2.05) is 0 Å². The van der Waals surface area contributed by atoms with Gasteiger partial charge in [-0.1, -0.05) is 206 Å². The minimum atomic E-state index is -1.25. The number of rotatable bonds is 40. The van der Waals surface area contributed by atoms with Crippen molar-refractivity contribution in [3.05, 3.63) is 12.2 Å². The van der Waals surface area contributed by atoms with Crippen molar-refractivity contribution in [3.8, 4) is 0 Å². The second kappa shape index (κ2) is 39.3. The van der Waals surface area contributed by atoms with Crippen LogP contribution in [0.4, 0.5) is 0 Å². The zero-order chi connectivity index (χ0) is 36.8.